The average Bonchev–Trinajstić information content (AvgIpc) is 3.42. The highest BCUT2D eigenvalue weighted by Gasteiger charge is 2.20. The van der Waals surface area contributed by atoms with Gasteiger partial charge in [0, 0.05) is 29.9 Å². The summed E-state index contributed by atoms with van der Waals surface area (Å²) in [6, 6.07) is 17.7. The first-order chi connectivity index (χ1) is 14.2. The Hall–Kier alpha value is -3.38. The Bertz CT molecular complexity index is 1120. The van der Waals surface area contributed by atoms with Gasteiger partial charge in [-0.2, -0.15) is 0 Å². The van der Waals surface area contributed by atoms with Crippen molar-refractivity contribution in [2.75, 3.05) is 7.11 Å². The van der Waals surface area contributed by atoms with Crippen molar-refractivity contribution in [1.29, 1.82) is 0 Å². The molecule has 4 aromatic rings. The van der Waals surface area contributed by atoms with Gasteiger partial charge in [0.25, 0.3) is 5.91 Å². The van der Waals surface area contributed by atoms with Gasteiger partial charge in [-0.05, 0) is 47.5 Å². The lowest BCUT2D eigenvalue weighted by Gasteiger charge is -2.11. The summed E-state index contributed by atoms with van der Waals surface area (Å²) in [6.07, 6.45) is 3.79. The quantitative estimate of drug-likeness (QED) is 0.473. The lowest BCUT2D eigenvalue weighted by molar-refractivity contribution is 0.0955. The first-order valence-electron chi connectivity index (χ1n) is 9.07. The summed E-state index contributed by atoms with van der Waals surface area (Å²) in [7, 11) is 1.61. The minimum Gasteiger partial charge on any atom is -0.497 e. The monoisotopic (exact) mass is 406 g/mol. The maximum Gasteiger partial charge on any atom is 0.263 e. The zero-order valence-corrected chi connectivity index (χ0v) is 16.6. The number of methoxy groups -OCH3 is 1. The van der Waals surface area contributed by atoms with Gasteiger partial charge in [0.2, 0.25) is 0 Å². The van der Waals surface area contributed by atoms with Crippen LogP contribution in [-0.4, -0.2) is 17.6 Å². The number of amides is 1. The van der Waals surface area contributed by atoms with Gasteiger partial charge in [0.1, 0.15) is 16.4 Å². The molecule has 0 atom stereocenters. The second-order valence-corrected chi connectivity index (χ2v) is 7.34. The summed E-state index contributed by atoms with van der Waals surface area (Å²) in [5.41, 5.74) is 3.49. The summed E-state index contributed by atoms with van der Waals surface area (Å²) < 4.78 is 20.5. The van der Waals surface area contributed by atoms with E-state index >= 15 is 0 Å². The Labute approximate surface area is 172 Å². The topological polar surface area (TPSA) is 43.3 Å². The number of carbonyl (C=O) groups is 1. The van der Waals surface area contributed by atoms with Crippen LogP contribution in [0.1, 0.15) is 15.2 Å². The number of rotatable bonds is 6. The van der Waals surface area contributed by atoms with Crippen molar-refractivity contribution < 1.29 is 13.9 Å². The number of nitrogens with one attached hydrogen (secondary N) is 1. The Morgan fingerprint density at radius 1 is 1.10 bits per heavy atom. The van der Waals surface area contributed by atoms with Crippen LogP contribution in [0.25, 0.3) is 16.8 Å². The van der Waals surface area contributed by atoms with E-state index < -0.39 is 0 Å². The van der Waals surface area contributed by atoms with E-state index in [4.69, 9.17) is 4.74 Å². The standard InChI is InChI=1S/C23H19FN2O2S/c1-28-19-6-4-5-16(13-19)14-25-23(27)22-21(26-11-2-3-12-26)20(15-29-22)17-7-9-18(24)10-8-17/h2-13,15H,14H2,1H3,(H,25,27). The van der Waals surface area contributed by atoms with Gasteiger partial charge < -0.3 is 14.6 Å². The van der Waals surface area contributed by atoms with Crippen molar-refractivity contribution in [2.45, 2.75) is 6.54 Å². The number of carbonyl (C=O) groups excluding carboxylic acids is 1. The molecule has 0 spiro atoms. The Morgan fingerprint density at radius 2 is 1.86 bits per heavy atom. The van der Waals surface area contributed by atoms with E-state index in [1.165, 1.54) is 23.5 Å². The van der Waals surface area contributed by atoms with Crippen molar-refractivity contribution in [3.63, 3.8) is 0 Å². The van der Waals surface area contributed by atoms with Crippen molar-refractivity contribution >= 4 is 17.2 Å². The van der Waals surface area contributed by atoms with Gasteiger partial charge in [-0.1, -0.05) is 24.3 Å². The van der Waals surface area contributed by atoms with E-state index in [1.54, 1.807) is 19.2 Å². The van der Waals surface area contributed by atoms with Gasteiger partial charge in [-0.25, -0.2) is 4.39 Å². The third kappa shape index (κ3) is 4.07. The molecule has 29 heavy (non-hydrogen) atoms. The van der Waals surface area contributed by atoms with Gasteiger partial charge in [0.05, 0.1) is 12.8 Å². The molecular weight excluding hydrogens is 387 g/mol. The minimum atomic E-state index is -0.289. The number of nitrogens with zero attached hydrogens (tertiary/aromatic N) is 1. The van der Waals surface area contributed by atoms with Gasteiger partial charge >= 0.3 is 0 Å². The summed E-state index contributed by atoms with van der Waals surface area (Å²) in [6.45, 7) is 0.394. The number of hydrogen-bond donors (Lipinski definition) is 1. The van der Waals surface area contributed by atoms with Crippen molar-refractivity contribution in [3.8, 4) is 22.6 Å². The number of ether oxygens (including phenoxy) is 1. The fourth-order valence-electron chi connectivity index (χ4n) is 3.13. The highest BCUT2D eigenvalue weighted by Crippen LogP contribution is 2.35. The zero-order valence-electron chi connectivity index (χ0n) is 15.8. The smallest absolute Gasteiger partial charge is 0.263 e. The van der Waals surface area contributed by atoms with Gasteiger partial charge in [-0.3, -0.25) is 4.79 Å². The van der Waals surface area contributed by atoms with Crippen LogP contribution in [0.15, 0.2) is 78.4 Å². The molecule has 0 saturated heterocycles. The summed E-state index contributed by atoms with van der Waals surface area (Å²) in [5, 5.41) is 4.92. The third-order valence-corrected chi connectivity index (χ3v) is 5.54. The maximum absolute atomic E-state index is 13.3. The molecule has 0 fully saturated rings. The lowest BCUT2D eigenvalue weighted by Crippen LogP contribution is -2.23. The van der Waals surface area contributed by atoms with Crippen LogP contribution in [0.2, 0.25) is 0 Å². The van der Waals surface area contributed by atoms with Crippen LogP contribution >= 0.6 is 11.3 Å². The van der Waals surface area contributed by atoms with Crippen LogP contribution in [0, 0.1) is 5.82 Å². The molecule has 2 aromatic carbocycles. The van der Waals surface area contributed by atoms with E-state index in [2.05, 4.69) is 5.32 Å². The molecule has 0 bridgehead atoms. The van der Waals surface area contributed by atoms with E-state index in [0.717, 1.165) is 28.1 Å². The molecule has 0 aliphatic carbocycles. The SMILES string of the molecule is COc1cccc(CNC(=O)c2scc(-c3ccc(F)cc3)c2-n2cccc2)c1. The normalized spacial score (nSPS) is 10.7. The van der Waals surface area contributed by atoms with Gasteiger partial charge in [0.15, 0.2) is 0 Å². The molecule has 2 heterocycles. The lowest BCUT2D eigenvalue weighted by atomic mass is 10.1. The maximum atomic E-state index is 13.3. The van der Waals surface area contributed by atoms with Crippen molar-refractivity contribution in [3.05, 3.63) is 94.7 Å². The highest BCUT2D eigenvalue weighted by molar-refractivity contribution is 7.13. The summed E-state index contributed by atoms with van der Waals surface area (Å²) in [5.74, 6) is 0.303. The van der Waals surface area contributed by atoms with Crippen LogP contribution in [0.3, 0.4) is 0 Å². The molecular formula is C23H19FN2O2S. The second-order valence-electron chi connectivity index (χ2n) is 6.46. The van der Waals surface area contributed by atoms with E-state index in [1.807, 2.05) is 58.7 Å². The van der Waals surface area contributed by atoms with Crippen LogP contribution < -0.4 is 10.1 Å². The molecule has 6 heteroatoms. The fourth-order valence-corrected chi connectivity index (χ4v) is 4.12. The third-order valence-electron chi connectivity index (χ3n) is 4.58. The molecule has 1 N–H and O–H groups in total. The molecule has 0 aliphatic rings. The first kappa shape index (κ1) is 19.0. The molecule has 0 saturated carbocycles. The Morgan fingerprint density at radius 3 is 2.59 bits per heavy atom. The molecule has 4 nitrogen and oxygen atoms in total. The van der Waals surface area contributed by atoms with Crippen LogP contribution in [-0.2, 0) is 6.54 Å². The summed E-state index contributed by atoms with van der Waals surface area (Å²) in [4.78, 5) is 13.6. The van der Waals surface area contributed by atoms with Gasteiger partial charge in [-0.15, -0.1) is 11.3 Å². The number of hydrogen-bond acceptors (Lipinski definition) is 3. The minimum absolute atomic E-state index is 0.158. The molecule has 2 aromatic heterocycles. The van der Waals surface area contributed by atoms with Crippen LogP contribution in [0.4, 0.5) is 4.39 Å². The van der Waals surface area contributed by atoms with Crippen LogP contribution in [0.5, 0.6) is 5.75 Å². The van der Waals surface area contributed by atoms with E-state index in [-0.39, 0.29) is 11.7 Å². The molecule has 0 aliphatic heterocycles. The second kappa shape index (κ2) is 8.32. The predicted octanol–water partition coefficient (Wildman–Crippen LogP) is 5.28. The number of halogens is 1. The Balaban J connectivity index is 1.64. The number of thiophene rings is 1. The Kier molecular flexibility index (Phi) is 5.44. The molecule has 0 radical (unpaired) electrons. The highest BCUT2D eigenvalue weighted by atomic mass is 32.1. The summed E-state index contributed by atoms with van der Waals surface area (Å²) >= 11 is 1.37. The molecule has 4 rings (SSSR count). The number of benzene rings is 2. The average molecular weight is 406 g/mol. The van der Waals surface area contributed by atoms with Crippen molar-refractivity contribution in [1.82, 2.24) is 9.88 Å². The van der Waals surface area contributed by atoms with Crippen molar-refractivity contribution in [2.24, 2.45) is 0 Å². The molecule has 146 valence electrons. The molecule has 1 amide bonds. The largest absolute Gasteiger partial charge is 0.497 e. The van der Waals surface area contributed by atoms with E-state index in [0.29, 0.717) is 11.4 Å². The predicted molar refractivity (Wildman–Crippen MR) is 113 cm³/mol. The van der Waals surface area contributed by atoms with E-state index in [9.17, 15) is 9.18 Å². The fraction of sp³-hybridized carbons (Fsp3) is 0.0870. The first-order valence-corrected chi connectivity index (χ1v) is 9.95. The molecule has 0 unspecified atom stereocenters. The number of aromatic nitrogens is 1. The zero-order chi connectivity index (χ0) is 20.2.